The summed E-state index contributed by atoms with van der Waals surface area (Å²) in [6.07, 6.45) is 59.5. The van der Waals surface area contributed by atoms with Gasteiger partial charge in [0, 0.05) is 48.8 Å². The number of aliphatic hydroxyl groups excluding tert-OH is 8. The van der Waals surface area contributed by atoms with Crippen molar-refractivity contribution in [1.82, 2.24) is 10.6 Å². The molecule has 14 N–H and O–H groups in total. The van der Waals surface area contributed by atoms with E-state index in [-0.39, 0.29) is 29.8 Å². The van der Waals surface area contributed by atoms with Gasteiger partial charge in [-0.2, -0.15) is 0 Å². The van der Waals surface area contributed by atoms with E-state index >= 15 is 0 Å². The van der Waals surface area contributed by atoms with Crippen LogP contribution in [0, 0.1) is 0 Å². The molecule has 0 spiro atoms. The molecule has 88 heavy (non-hydrogen) atoms. The second-order valence-corrected chi connectivity index (χ2v) is 28.8. The molecule has 0 saturated heterocycles. The first-order valence-electron chi connectivity index (χ1n) is 38.4. The molecular formula is C76H164N4O8. The molecule has 0 aliphatic rings. The van der Waals surface area contributed by atoms with Crippen LogP contribution in [0.2, 0.25) is 0 Å². The lowest BCUT2D eigenvalue weighted by molar-refractivity contribution is 0.0266. The Hall–Kier alpha value is -0.480. The van der Waals surface area contributed by atoms with Crippen LogP contribution in [0.15, 0.2) is 0 Å². The van der Waals surface area contributed by atoms with Crippen LogP contribution in [0.5, 0.6) is 0 Å². The minimum atomic E-state index is -0.629. The van der Waals surface area contributed by atoms with Crippen molar-refractivity contribution in [2.45, 2.75) is 475 Å². The molecule has 12 heteroatoms. The number of likely N-dealkylation sites (N-methyl/N-ethyl adjacent to an activating group) is 2. The molecule has 0 aromatic carbocycles. The van der Waals surface area contributed by atoms with Crippen molar-refractivity contribution in [1.29, 1.82) is 0 Å². The van der Waals surface area contributed by atoms with Gasteiger partial charge in [0.2, 0.25) is 0 Å². The Morgan fingerprint density at radius 2 is 0.511 bits per heavy atom. The van der Waals surface area contributed by atoms with Crippen LogP contribution in [0.25, 0.3) is 0 Å². The summed E-state index contributed by atoms with van der Waals surface area (Å²) < 4.78 is 0. The standard InChI is InChI=1S/C20H43NO2.2C19H41NO2.C18H39NO2/c1-5-6-7-8-9-10-11-12-13-14-15-16-18(22)17-19(23)20(2,3)21-4;1-4-5-6-7-8-9-10-11-12-13-14-15-17(21)16-18(22)19(2,3)20;1-4-5-6-7-8-9-10-11-12-13-14-15-18(21)16-19(22)17(2)20-3;1-3-4-5-6-7-8-9-10-11-12-13-14-17(20)15-18(21)16(2)19/h18-19,21-23H,5-17H2,1-4H3;17-18,21-22H,4-16,20H2,1-3H3;17-22H,4-16H2,1-3H3;16-18,20-21H,3-15,19H2,1-2H3/t18-,19-;17-,18-;17-,18-,19+;16-,17-,18+/m0000/s1. The molecule has 12 nitrogen and oxygen atoms in total. The van der Waals surface area contributed by atoms with Crippen molar-refractivity contribution in [3.8, 4) is 0 Å². The molecule has 0 aromatic rings. The summed E-state index contributed by atoms with van der Waals surface area (Å²) in [5.41, 5.74) is 10.4. The van der Waals surface area contributed by atoms with Crippen molar-refractivity contribution in [2.75, 3.05) is 14.1 Å². The van der Waals surface area contributed by atoms with Crippen molar-refractivity contribution >= 4 is 0 Å². The smallest absolute Gasteiger partial charge is 0.0740 e. The first kappa shape index (κ1) is 93.9. The lowest BCUT2D eigenvalue weighted by Crippen LogP contribution is -2.48. The van der Waals surface area contributed by atoms with Gasteiger partial charge in [-0.25, -0.2) is 0 Å². The summed E-state index contributed by atoms with van der Waals surface area (Å²) in [6, 6.07) is -0.205. The third-order valence-corrected chi connectivity index (χ3v) is 18.6. The van der Waals surface area contributed by atoms with E-state index in [2.05, 4.69) is 38.3 Å². The van der Waals surface area contributed by atoms with Crippen LogP contribution < -0.4 is 22.1 Å². The zero-order chi connectivity index (χ0) is 67.0. The van der Waals surface area contributed by atoms with Gasteiger partial charge in [-0.3, -0.25) is 0 Å². The molecular weight excluding hydrogens is 1100 g/mol. The number of hydrogen-bond donors (Lipinski definition) is 12. The summed E-state index contributed by atoms with van der Waals surface area (Å²) in [4.78, 5) is 0. The molecule has 0 rings (SSSR count). The van der Waals surface area contributed by atoms with Gasteiger partial charge < -0.3 is 63.0 Å². The number of hydrogen-bond acceptors (Lipinski definition) is 12. The summed E-state index contributed by atoms with van der Waals surface area (Å²) in [5.74, 6) is 0. The Morgan fingerprint density at radius 3 is 0.716 bits per heavy atom. The van der Waals surface area contributed by atoms with E-state index in [1.165, 1.54) is 257 Å². The average molecular weight is 1260 g/mol. The summed E-state index contributed by atoms with van der Waals surface area (Å²) in [6.45, 7) is 20.3. The summed E-state index contributed by atoms with van der Waals surface area (Å²) in [7, 11) is 3.68. The first-order valence-corrected chi connectivity index (χ1v) is 38.4. The van der Waals surface area contributed by atoms with Crippen molar-refractivity contribution < 1.29 is 40.9 Å². The highest BCUT2D eigenvalue weighted by Gasteiger charge is 2.28. The van der Waals surface area contributed by atoms with E-state index in [4.69, 9.17) is 11.5 Å². The van der Waals surface area contributed by atoms with Gasteiger partial charge in [0.15, 0.2) is 0 Å². The van der Waals surface area contributed by atoms with E-state index in [1.807, 2.05) is 34.9 Å². The Kier molecular flexibility index (Phi) is 74.0. The molecule has 0 aromatic heterocycles. The van der Waals surface area contributed by atoms with Crippen molar-refractivity contribution in [3.05, 3.63) is 0 Å². The number of nitrogens with two attached hydrogens (primary N) is 2. The zero-order valence-electron chi connectivity index (χ0n) is 61.3. The third kappa shape index (κ3) is 71.4. The number of unbranched alkanes of at least 4 members (excludes halogenated alkanes) is 40. The highest BCUT2D eigenvalue weighted by atomic mass is 16.3. The predicted octanol–water partition coefficient (Wildman–Crippen LogP) is 17.9. The lowest BCUT2D eigenvalue weighted by Gasteiger charge is -2.31. The lowest BCUT2D eigenvalue weighted by atomic mass is 9.91. The van der Waals surface area contributed by atoms with E-state index in [1.54, 1.807) is 20.8 Å². The predicted molar refractivity (Wildman–Crippen MR) is 384 cm³/mol. The van der Waals surface area contributed by atoms with Gasteiger partial charge in [0.25, 0.3) is 0 Å². The van der Waals surface area contributed by atoms with Crippen LogP contribution >= 0.6 is 0 Å². The molecule has 0 fully saturated rings. The Bertz CT molecular complexity index is 1310. The molecule has 0 bridgehead atoms. The summed E-state index contributed by atoms with van der Waals surface area (Å²) in [5, 5.41) is 85.2. The highest BCUT2D eigenvalue weighted by Crippen LogP contribution is 2.21. The van der Waals surface area contributed by atoms with Gasteiger partial charge >= 0.3 is 0 Å². The topological polar surface area (TPSA) is 238 Å². The SMILES string of the molecule is CCCCCCCCCCCCC[C@H](O)C[C@@H](O)[C@H](C)N.CCCCCCCCCCCCC[C@H](O)C[C@@H](O)[C@H](C)NC.CCCCCCCCCCCCC[C@H](O)C[C@H](O)C(C)(C)N.CCCCCCCCCCCCC[C@H](O)C[C@H](O)C(C)(C)NC. The minimum absolute atomic E-state index is 0.0481. The van der Waals surface area contributed by atoms with Gasteiger partial charge in [-0.05, 0) is 81.3 Å². The number of aliphatic hydroxyl groups is 8. The molecule has 536 valence electrons. The molecule has 0 unspecified atom stereocenters. The maximum atomic E-state index is 10.1. The van der Waals surface area contributed by atoms with Crippen molar-refractivity contribution in [2.24, 2.45) is 11.5 Å². The van der Waals surface area contributed by atoms with Crippen LogP contribution in [0.3, 0.4) is 0 Å². The molecule has 10 atom stereocenters. The first-order chi connectivity index (χ1) is 42.0. The molecule has 0 heterocycles. The Morgan fingerprint density at radius 1 is 0.307 bits per heavy atom. The average Bonchev–Trinajstić information content (AvgIpc) is 3.56. The maximum Gasteiger partial charge on any atom is 0.0740 e. The molecule has 0 amide bonds. The van der Waals surface area contributed by atoms with Crippen LogP contribution in [-0.2, 0) is 0 Å². The van der Waals surface area contributed by atoms with Gasteiger partial charge in [-0.15, -0.1) is 0 Å². The van der Waals surface area contributed by atoms with Crippen LogP contribution in [-0.4, -0.2) is 127 Å². The van der Waals surface area contributed by atoms with E-state index in [0.29, 0.717) is 25.7 Å². The van der Waals surface area contributed by atoms with Crippen LogP contribution in [0.1, 0.15) is 403 Å². The largest absolute Gasteiger partial charge is 0.393 e. The normalized spacial score (nSPS) is 15.3. The van der Waals surface area contributed by atoms with E-state index in [9.17, 15) is 40.9 Å². The Balaban J connectivity index is -0.000000535. The Labute approximate surface area is 549 Å². The van der Waals surface area contributed by atoms with E-state index < -0.39 is 42.2 Å². The highest BCUT2D eigenvalue weighted by molar-refractivity contribution is 4.86. The number of rotatable bonds is 62. The fraction of sp³-hybridized carbons (Fsp3) is 1.00. The summed E-state index contributed by atoms with van der Waals surface area (Å²) >= 11 is 0. The van der Waals surface area contributed by atoms with Crippen LogP contribution in [0.4, 0.5) is 0 Å². The fourth-order valence-electron chi connectivity index (χ4n) is 11.1. The minimum Gasteiger partial charge on any atom is -0.393 e. The van der Waals surface area contributed by atoms with Crippen molar-refractivity contribution in [3.63, 3.8) is 0 Å². The van der Waals surface area contributed by atoms with Gasteiger partial charge in [0.05, 0.1) is 48.8 Å². The molecule has 0 saturated carbocycles. The molecule has 0 aliphatic carbocycles. The van der Waals surface area contributed by atoms with Gasteiger partial charge in [0.1, 0.15) is 0 Å². The zero-order valence-corrected chi connectivity index (χ0v) is 61.3. The fourth-order valence-corrected chi connectivity index (χ4v) is 11.1. The van der Waals surface area contributed by atoms with E-state index in [0.717, 1.165) is 51.4 Å². The second-order valence-electron chi connectivity index (χ2n) is 28.8. The molecule has 0 aliphatic heterocycles. The second kappa shape index (κ2) is 69.4. The maximum absolute atomic E-state index is 10.1. The monoisotopic (exact) mass is 1260 g/mol. The molecule has 0 radical (unpaired) electrons. The van der Waals surface area contributed by atoms with Gasteiger partial charge in [-0.1, -0.05) is 310 Å². The quantitative estimate of drug-likeness (QED) is 0.0255. The third-order valence-electron chi connectivity index (χ3n) is 18.6. The number of nitrogens with one attached hydrogen (secondary N) is 2.